The van der Waals surface area contributed by atoms with Crippen LogP contribution in [0.3, 0.4) is 0 Å². The summed E-state index contributed by atoms with van der Waals surface area (Å²) in [5, 5.41) is 8.15. The molecule has 0 aliphatic carbocycles. The molecule has 0 amide bonds. The maximum atomic E-state index is 10.1. The number of rotatable bonds is 3. The molecule has 0 saturated heterocycles. The van der Waals surface area contributed by atoms with Gasteiger partial charge in [-0.05, 0) is 0 Å². The lowest BCUT2D eigenvalue weighted by atomic mass is 9.97. The molecule has 1 aromatic rings. The lowest BCUT2D eigenvalue weighted by Gasteiger charge is -2.10. The largest absolute Gasteiger partial charge is 0.415 e. The standard InChI is InChI=1S/C8H12N2O2S/c1-8(2,3)6-9-10-7(12-6)13-5-4-11/h4H,5H2,1-3H3. The van der Waals surface area contributed by atoms with E-state index in [0.717, 1.165) is 6.29 Å². The lowest BCUT2D eigenvalue weighted by Crippen LogP contribution is -2.11. The van der Waals surface area contributed by atoms with Gasteiger partial charge in [0.1, 0.15) is 6.29 Å². The van der Waals surface area contributed by atoms with E-state index in [1.807, 2.05) is 20.8 Å². The third-order valence-electron chi connectivity index (χ3n) is 1.32. The maximum Gasteiger partial charge on any atom is 0.277 e. The van der Waals surface area contributed by atoms with Crippen molar-refractivity contribution in [2.45, 2.75) is 31.4 Å². The van der Waals surface area contributed by atoms with Gasteiger partial charge in [-0.25, -0.2) is 0 Å². The lowest BCUT2D eigenvalue weighted by molar-refractivity contribution is -0.105. The molecule has 72 valence electrons. The first-order valence-electron chi connectivity index (χ1n) is 3.94. The van der Waals surface area contributed by atoms with Crippen molar-refractivity contribution in [3.8, 4) is 0 Å². The predicted molar refractivity (Wildman–Crippen MR) is 49.8 cm³/mol. The van der Waals surface area contributed by atoms with E-state index in [-0.39, 0.29) is 5.41 Å². The van der Waals surface area contributed by atoms with Gasteiger partial charge in [0, 0.05) is 5.41 Å². The summed E-state index contributed by atoms with van der Waals surface area (Å²) in [6.45, 7) is 5.98. The molecule has 0 unspecified atom stereocenters. The van der Waals surface area contributed by atoms with Gasteiger partial charge >= 0.3 is 0 Å². The van der Waals surface area contributed by atoms with E-state index in [1.54, 1.807) is 0 Å². The third kappa shape index (κ3) is 2.84. The molecule has 0 N–H and O–H groups in total. The molecule has 5 heteroatoms. The van der Waals surface area contributed by atoms with Crippen LogP contribution in [-0.4, -0.2) is 22.2 Å². The van der Waals surface area contributed by atoms with E-state index in [0.29, 0.717) is 16.9 Å². The van der Waals surface area contributed by atoms with E-state index in [1.165, 1.54) is 11.8 Å². The van der Waals surface area contributed by atoms with Crippen LogP contribution < -0.4 is 0 Å². The van der Waals surface area contributed by atoms with Crippen molar-refractivity contribution in [2.75, 3.05) is 5.75 Å². The van der Waals surface area contributed by atoms with Crippen LogP contribution in [0.1, 0.15) is 26.7 Å². The fourth-order valence-corrected chi connectivity index (χ4v) is 1.12. The normalized spacial score (nSPS) is 11.6. The first-order valence-corrected chi connectivity index (χ1v) is 4.93. The van der Waals surface area contributed by atoms with Gasteiger partial charge in [0.25, 0.3) is 5.22 Å². The van der Waals surface area contributed by atoms with Gasteiger partial charge in [0.05, 0.1) is 5.75 Å². The Labute approximate surface area is 81.1 Å². The molecule has 0 aromatic carbocycles. The van der Waals surface area contributed by atoms with Crippen molar-refractivity contribution in [3.05, 3.63) is 5.89 Å². The minimum atomic E-state index is -0.132. The Kier molecular flexibility index (Phi) is 3.08. The molecule has 0 aliphatic rings. The molecule has 0 bridgehead atoms. The van der Waals surface area contributed by atoms with E-state index >= 15 is 0 Å². The molecule has 0 radical (unpaired) electrons. The number of hydrogen-bond donors (Lipinski definition) is 0. The number of thioether (sulfide) groups is 1. The van der Waals surface area contributed by atoms with Gasteiger partial charge < -0.3 is 9.21 Å². The minimum absolute atomic E-state index is 0.132. The van der Waals surface area contributed by atoms with Gasteiger partial charge in [-0.3, -0.25) is 0 Å². The molecule has 0 aliphatic heterocycles. The fraction of sp³-hybridized carbons (Fsp3) is 0.625. The Morgan fingerprint density at radius 2 is 2.15 bits per heavy atom. The summed E-state index contributed by atoms with van der Waals surface area (Å²) in [4.78, 5) is 10.1. The zero-order valence-electron chi connectivity index (χ0n) is 7.90. The molecule has 13 heavy (non-hydrogen) atoms. The Bertz CT molecular complexity index is 291. The summed E-state index contributed by atoms with van der Waals surface area (Å²) in [5.74, 6) is 0.951. The molecule has 0 saturated carbocycles. The van der Waals surface area contributed by atoms with Crippen molar-refractivity contribution >= 4 is 18.0 Å². The van der Waals surface area contributed by atoms with Crippen LogP contribution in [0.15, 0.2) is 9.64 Å². The number of nitrogens with zero attached hydrogens (tertiary/aromatic N) is 2. The van der Waals surface area contributed by atoms with Crippen molar-refractivity contribution in [1.82, 2.24) is 10.2 Å². The fourth-order valence-electron chi connectivity index (χ4n) is 0.676. The van der Waals surface area contributed by atoms with Gasteiger partial charge in [0.2, 0.25) is 5.89 Å². The van der Waals surface area contributed by atoms with Crippen LogP contribution in [0.2, 0.25) is 0 Å². The molecule has 1 aromatic heterocycles. The average Bonchev–Trinajstić information content (AvgIpc) is 2.47. The monoisotopic (exact) mass is 200 g/mol. The van der Waals surface area contributed by atoms with Crippen LogP contribution in [0.25, 0.3) is 0 Å². The molecule has 1 heterocycles. The van der Waals surface area contributed by atoms with Crippen LogP contribution in [0.5, 0.6) is 0 Å². The minimum Gasteiger partial charge on any atom is -0.415 e. The SMILES string of the molecule is CC(C)(C)c1nnc(SCC=O)o1. The summed E-state index contributed by atoms with van der Waals surface area (Å²) in [5.41, 5.74) is -0.132. The second-order valence-electron chi connectivity index (χ2n) is 3.60. The summed E-state index contributed by atoms with van der Waals surface area (Å²) < 4.78 is 5.33. The highest BCUT2D eigenvalue weighted by Gasteiger charge is 2.21. The molecule has 0 fully saturated rings. The highest BCUT2D eigenvalue weighted by Crippen LogP contribution is 2.23. The van der Waals surface area contributed by atoms with E-state index in [9.17, 15) is 4.79 Å². The summed E-state index contributed by atoms with van der Waals surface area (Å²) >= 11 is 1.25. The molecule has 0 atom stereocenters. The highest BCUT2D eigenvalue weighted by atomic mass is 32.2. The van der Waals surface area contributed by atoms with E-state index in [4.69, 9.17) is 4.42 Å². The Balaban J connectivity index is 2.69. The van der Waals surface area contributed by atoms with Crippen molar-refractivity contribution in [1.29, 1.82) is 0 Å². The zero-order chi connectivity index (χ0) is 9.90. The van der Waals surface area contributed by atoms with Crippen molar-refractivity contribution < 1.29 is 9.21 Å². The molecule has 0 spiro atoms. The topological polar surface area (TPSA) is 56.0 Å². The number of hydrogen-bond acceptors (Lipinski definition) is 5. The van der Waals surface area contributed by atoms with Crippen LogP contribution in [0.4, 0.5) is 0 Å². The number of aromatic nitrogens is 2. The Morgan fingerprint density at radius 1 is 1.46 bits per heavy atom. The molecular formula is C8H12N2O2S. The van der Waals surface area contributed by atoms with Gasteiger partial charge in [-0.15, -0.1) is 10.2 Å². The summed E-state index contributed by atoms with van der Waals surface area (Å²) in [7, 11) is 0. The van der Waals surface area contributed by atoms with E-state index in [2.05, 4.69) is 10.2 Å². The smallest absolute Gasteiger partial charge is 0.277 e. The van der Waals surface area contributed by atoms with Crippen LogP contribution in [0, 0.1) is 0 Å². The van der Waals surface area contributed by atoms with Crippen molar-refractivity contribution in [2.24, 2.45) is 0 Å². The Hall–Kier alpha value is -0.840. The van der Waals surface area contributed by atoms with Gasteiger partial charge in [0.15, 0.2) is 0 Å². The van der Waals surface area contributed by atoms with Crippen LogP contribution in [-0.2, 0) is 10.2 Å². The molecule has 1 rings (SSSR count). The maximum absolute atomic E-state index is 10.1. The van der Waals surface area contributed by atoms with E-state index < -0.39 is 0 Å². The summed E-state index contributed by atoms with van der Waals surface area (Å²) in [6.07, 6.45) is 0.811. The van der Waals surface area contributed by atoms with Crippen molar-refractivity contribution in [3.63, 3.8) is 0 Å². The number of carbonyl (C=O) groups is 1. The van der Waals surface area contributed by atoms with Gasteiger partial charge in [-0.2, -0.15) is 0 Å². The third-order valence-corrected chi connectivity index (χ3v) is 2.04. The Morgan fingerprint density at radius 3 is 2.62 bits per heavy atom. The highest BCUT2D eigenvalue weighted by molar-refractivity contribution is 7.99. The molecule has 4 nitrogen and oxygen atoms in total. The first kappa shape index (κ1) is 10.2. The zero-order valence-corrected chi connectivity index (χ0v) is 8.72. The second kappa shape index (κ2) is 3.91. The number of aldehydes is 1. The first-order chi connectivity index (χ1) is 6.04. The average molecular weight is 200 g/mol. The predicted octanol–water partition coefficient (Wildman–Crippen LogP) is 1.66. The quantitative estimate of drug-likeness (QED) is 0.548. The molecular weight excluding hydrogens is 188 g/mol. The number of carbonyl (C=O) groups excluding carboxylic acids is 1. The van der Waals surface area contributed by atoms with Gasteiger partial charge in [-0.1, -0.05) is 32.5 Å². The summed E-state index contributed by atoms with van der Waals surface area (Å²) in [6, 6.07) is 0. The van der Waals surface area contributed by atoms with Crippen LogP contribution >= 0.6 is 11.8 Å². The second-order valence-corrected chi connectivity index (χ2v) is 4.57.